The fourth-order valence-corrected chi connectivity index (χ4v) is 15.7. The second kappa shape index (κ2) is 29.1. The van der Waals surface area contributed by atoms with Gasteiger partial charge in [0, 0.05) is 77.8 Å². The Morgan fingerprint density at radius 3 is 1.29 bits per heavy atom. The van der Waals surface area contributed by atoms with Gasteiger partial charge in [0.25, 0.3) is 0 Å². The number of benzene rings is 14. The van der Waals surface area contributed by atoms with Gasteiger partial charge in [-0.15, -0.1) is 0 Å². The number of anilines is 5. The van der Waals surface area contributed by atoms with Gasteiger partial charge in [-0.1, -0.05) is 279 Å². The smallest absolute Gasteiger partial charge is 0.164 e. The molecule has 0 N–H and O–H groups in total. The van der Waals surface area contributed by atoms with Crippen LogP contribution in [0.5, 0.6) is 0 Å². The Hall–Kier alpha value is -14.7. The molecule has 0 aliphatic heterocycles. The molecular formula is C102H70N8O2. The second-order valence-corrected chi connectivity index (χ2v) is 28.4. The molecule has 0 saturated heterocycles. The number of aromatic nitrogens is 6. The van der Waals surface area contributed by atoms with Crippen molar-refractivity contribution in [3.63, 3.8) is 0 Å². The fraction of sp³-hybridized carbons (Fsp3) is 0.0392. The maximum absolute atomic E-state index is 6.71. The number of hydrogen-bond acceptors (Lipinski definition) is 10. The first-order valence-electron chi connectivity index (χ1n) is 38.0. The molecule has 10 nitrogen and oxygen atoms in total. The van der Waals surface area contributed by atoms with Crippen molar-refractivity contribution in [3.05, 3.63) is 394 Å². The van der Waals surface area contributed by atoms with Crippen molar-refractivity contribution >= 4 is 83.5 Å². The molecule has 530 valence electrons. The van der Waals surface area contributed by atoms with Gasteiger partial charge in [-0.3, -0.25) is 0 Å². The number of fused-ring (bicyclic) bond motifs is 6. The summed E-state index contributed by atoms with van der Waals surface area (Å²) in [6.07, 6.45) is 16.0. The Morgan fingerprint density at radius 2 is 0.714 bits per heavy atom. The van der Waals surface area contributed by atoms with E-state index in [1.165, 1.54) is 11.1 Å². The molecule has 0 fully saturated rings. The van der Waals surface area contributed by atoms with Crippen LogP contribution in [0.1, 0.15) is 30.7 Å². The Balaban J connectivity index is 0.548. The van der Waals surface area contributed by atoms with Gasteiger partial charge in [-0.25, -0.2) is 29.9 Å². The van der Waals surface area contributed by atoms with Crippen molar-refractivity contribution in [2.45, 2.75) is 25.3 Å². The maximum atomic E-state index is 6.71. The quantitative estimate of drug-likeness (QED) is 0.0874. The molecule has 4 aromatic heterocycles. The van der Waals surface area contributed by atoms with E-state index in [0.717, 1.165) is 169 Å². The van der Waals surface area contributed by atoms with Crippen LogP contribution in [0.25, 0.3) is 156 Å². The third kappa shape index (κ3) is 13.1. The summed E-state index contributed by atoms with van der Waals surface area (Å²) in [5, 5.41) is 4.19. The summed E-state index contributed by atoms with van der Waals surface area (Å²) in [5.41, 5.74) is 25.2. The van der Waals surface area contributed by atoms with Crippen LogP contribution in [0.15, 0.2) is 391 Å². The number of para-hydroxylation sites is 2. The lowest BCUT2D eigenvalue weighted by molar-refractivity contribution is 0.668. The summed E-state index contributed by atoms with van der Waals surface area (Å²) >= 11 is 0. The average Bonchev–Trinajstić information content (AvgIpc) is 1.67. The van der Waals surface area contributed by atoms with Crippen LogP contribution in [0.2, 0.25) is 0 Å². The van der Waals surface area contributed by atoms with E-state index in [-0.39, 0.29) is 6.04 Å². The fourth-order valence-electron chi connectivity index (χ4n) is 15.7. The Bertz CT molecular complexity index is 6640. The topological polar surface area (TPSA) is 110 Å². The summed E-state index contributed by atoms with van der Waals surface area (Å²) < 4.78 is 13.4. The zero-order valence-corrected chi connectivity index (χ0v) is 61.0. The van der Waals surface area contributed by atoms with Crippen LogP contribution >= 0.6 is 0 Å². The first-order valence-corrected chi connectivity index (χ1v) is 38.0. The lowest BCUT2D eigenvalue weighted by Crippen LogP contribution is -2.30. The highest BCUT2D eigenvalue weighted by Gasteiger charge is 2.25. The lowest BCUT2D eigenvalue weighted by atomic mass is 9.95. The largest absolute Gasteiger partial charge is 0.456 e. The van der Waals surface area contributed by atoms with Gasteiger partial charge in [-0.05, 0) is 184 Å². The molecule has 2 aliphatic carbocycles. The van der Waals surface area contributed by atoms with Crippen LogP contribution in [0, 0.1) is 0 Å². The average molecular weight is 1440 g/mol. The normalized spacial score (nSPS) is 13.4. The van der Waals surface area contributed by atoms with Crippen LogP contribution in [-0.2, 0) is 0 Å². The van der Waals surface area contributed by atoms with E-state index >= 15 is 0 Å². The first kappa shape index (κ1) is 66.7. The van der Waals surface area contributed by atoms with E-state index in [1.54, 1.807) is 0 Å². The lowest BCUT2D eigenvalue weighted by Gasteiger charge is -2.33. The molecule has 2 aliphatic rings. The van der Waals surface area contributed by atoms with Gasteiger partial charge in [0.15, 0.2) is 34.9 Å². The molecule has 10 heteroatoms. The zero-order valence-electron chi connectivity index (χ0n) is 61.0. The van der Waals surface area contributed by atoms with E-state index < -0.39 is 0 Å². The van der Waals surface area contributed by atoms with Gasteiger partial charge in [0.1, 0.15) is 22.3 Å². The highest BCUT2D eigenvalue weighted by Crippen LogP contribution is 2.44. The summed E-state index contributed by atoms with van der Waals surface area (Å²) in [4.78, 5) is 35.4. The molecule has 20 rings (SSSR count). The van der Waals surface area contributed by atoms with Crippen molar-refractivity contribution in [2.24, 2.45) is 0 Å². The SMILES string of the molecule is C1=CCCC(c2nc(-c3ccc(-c4ccc(-c5ccc(N(c6ccccc6)c6ccc7oc8cc(-c9ccccc9-c9nc(-c%10ccccc%10)nc(-c%10ccccc%10)n9)ccc8c7c6)cc5)cc4)cc3)nc(-c3cccc(-c4ccc5c(c4)oc4ccc(N(c6ccccc6)C6C=CC(c7ccccc7)=CC6)cc45)c3)n2)=C1. The second-order valence-electron chi connectivity index (χ2n) is 28.4. The molecule has 0 amide bonds. The van der Waals surface area contributed by atoms with Crippen molar-refractivity contribution in [1.82, 2.24) is 29.9 Å². The van der Waals surface area contributed by atoms with E-state index in [0.29, 0.717) is 34.9 Å². The molecule has 4 heterocycles. The number of rotatable bonds is 17. The van der Waals surface area contributed by atoms with Crippen LogP contribution in [0.3, 0.4) is 0 Å². The Labute approximate surface area is 648 Å². The third-order valence-corrected chi connectivity index (χ3v) is 21.4. The van der Waals surface area contributed by atoms with E-state index in [1.807, 2.05) is 66.7 Å². The number of hydrogen-bond donors (Lipinski definition) is 0. The van der Waals surface area contributed by atoms with Crippen molar-refractivity contribution in [3.8, 4) is 101 Å². The Kier molecular flexibility index (Phi) is 17.3. The van der Waals surface area contributed by atoms with Gasteiger partial charge >= 0.3 is 0 Å². The molecule has 14 aromatic carbocycles. The number of furan rings is 2. The Morgan fingerprint density at radius 1 is 0.286 bits per heavy atom. The van der Waals surface area contributed by atoms with Gasteiger partial charge in [-0.2, -0.15) is 0 Å². The monoisotopic (exact) mass is 1440 g/mol. The van der Waals surface area contributed by atoms with E-state index in [2.05, 4.69) is 325 Å². The highest BCUT2D eigenvalue weighted by molar-refractivity contribution is 6.09. The molecular weight excluding hydrogens is 1370 g/mol. The van der Waals surface area contributed by atoms with Crippen LogP contribution in [-0.4, -0.2) is 35.9 Å². The predicted molar refractivity (Wildman–Crippen MR) is 458 cm³/mol. The first-order chi connectivity index (χ1) is 55.4. The van der Waals surface area contributed by atoms with Crippen molar-refractivity contribution in [1.29, 1.82) is 0 Å². The molecule has 0 saturated carbocycles. The van der Waals surface area contributed by atoms with Crippen molar-refractivity contribution in [2.75, 3.05) is 9.80 Å². The molecule has 18 aromatic rings. The van der Waals surface area contributed by atoms with E-state index in [4.69, 9.17) is 38.7 Å². The third-order valence-electron chi connectivity index (χ3n) is 21.4. The molecule has 0 spiro atoms. The summed E-state index contributed by atoms with van der Waals surface area (Å²) in [6.45, 7) is 0. The minimum absolute atomic E-state index is 0.132. The standard InChI is InChI=1S/C102H70N8O2/c1-7-22-67(23-8-1)71-46-52-83(53-47-71)109(81-32-15-5-16-33-81)85-56-60-93-91(65-85)88-58-50-78(63-95(88)111-93)77-30-21-31-80(62-77)101-105-97(73-24-9-2-10-25-73)103-100(106-101)76-44-42-70(43-45-76)68-38-40-69(41-39-68)72-48-54-84(55-49-72)110(82-34-17-6-18-35-82)86-57-61-94-92(66-86)89-59-51-79(64-96(89)112-94)87-36-19-20-37-90(87)102-107-98(74-26-11-3-12-27-74)104-99(108-102)75-28-13-4-14-29-75/h1-9,11-24,26-52,54-66,83H,10,25,53H2. The minimum Gasteiger partial charge on any atom is -0.456 e. The van der Waals surface area contributed by atoms with E-state index in [9.17, 15) is 0 Å². The van der Waals surface area contributed by atoms with Crippen LogP contribution < -0.4 is 9.80 Å². The summed E-state index contributed by atoms with van der Waals surface area (Å²) in [7, 11) is 0. The molecule has 1 atom stereocenters. The molecule has 0 radical (unpaired) electrons. The highest BCUT2D eigenvalue weighted by atomic mass is 16.3. The van der Waals surface area contributed by atoms with Gasteiger partial charge in [0.2, 0.25) is 0 Å². The van der Waals surface area contributed by atoms with Gasteiger partial charge in [0.05, 0.1) is 6.04 Å². The molecule has 112 heavy (non-hydrogen) atoms. The summed E-state index contributed by atoms with van der Waals surface area (Å²) in [6, 6.07) is 121. The van der Waals surface area contributed by atoms with Gasteiger partial charge < -0.3 is 18.6 Å². The zero-order chi connectivity index (χ0) is 74.3. The predicted octanol–water partition coefficient (Wildman–Crippen LogP) is 26.6. The number of allylic oxidation sites excluding steroid dienone is 6. The van der Waals surface area contributed by atoms with Crippen molar-refractivity contribution < 1.29 is 8.83 Å². The minimum atomic E-state index is 0.132. The maximum Gasteiger partial charge on any atom is 0.164 e. The number of nitrogens with zero attached hydrogens (tertiary/aromatic N) is 8. The summed E-state index contributed by atoms with van der Waals surface area (Å²) in [5.74, 6) is 3.75. The molecule has 1 unspecified atom stereocenters. The molecule has 0 bridgehead atoms. The van der Waals surface area contributed by atoms with Crippen LogP contribution in [0.4, 0.5) is 28.4 Å².